The molecule has 0 spiro atoms. The summed E-state index contributed by atoms with van der Waals surface area (Å²) in [5.74, 6) is 0.968. The fourth-order valence-corrected chi connectivity index (χ4v) is 2.95. The molecule has 0 aliphatic heterocycles. The Hall–Kier alpha value is -2.67. The topological polar surface area (TPSA) is 76.7 Å². The van der Waals surface area contributed by atoms with Crippen LogP contribution in [0.4, 0.5) is 0 Å². The maximum Gasteiger partial charge on any atom is 0.282 e. The molecule has 0 saturated heterocycles. The van der Waals surface area contributed by atoms with Crippen molar-refractivity contribution in [2.45, 2.75) is 13.8 Å². The second-order valence-electron chi connectivity index (χ2n) is 4.82. The van der Waals surface area contributed by atoms with Crippen LogP contribution in [0.1, 0.15) is 18.3 Å². The van der Waals surface area contributed by atoms with Crippen molar-refractivity contribution in [2.75, 3.05) is 6.61 Å². The third-order valence-corrected chi connectivity index (χ3v) is 4.05. The van der Waals surface area contributed by atoms with Crippen molar-refractivity contribution < 1.29 is 9.84 Å². The van der Waals surface area contributed by atoms with Crippen LogP contribution in [0.2, 0.25) is 0 Å². The standard InChI is InChI=1S/C16H15N3O3S/c1-3-22-14-8-11(4-5-13(14)20)9-17-19-10(2)18-15-12(16(19)21)6-7-23-15/h4-9,20H,3H2,1-2H3/b17-9+. The Bertz CT molecular complexity index is 943. The molecule has 0 atom stereocenters. The molecule has 0 bridgehead atoms. The van der Waals surface area contributed by atoms with Gasteiger partial charge < -0.3 is 9.84 Å². The zero-order valence-corrected chi connectivity index (χ0v) is 13.5. The molecular formula is C16H15N3O3S. The van der Waals surface area contributed by atoms with Crippen molar-refractivity contribution >= 4 is 27.8 Å². The zero-order chi connectivity index (χ0) is 16.4. The fraction of sp³-hybridized carbons (Fsp3) is 0.188. The molecule has 6 nitrogen and oxygen atoms in total. The quantitative estimate of drug-likeness (QED) is 0.747. The Morgan fingerprint density at radius 3 is 3.04 bits per heavy atom. The number of aryl methyl sites for hydroxylation is 1. The summed E-state index contributed by atoms with van der Waals surface area (Å²) in [4.78, 5) is 17.5. The number of aromatic hydroxyl groups is 1. The number of hydrogen-bond donors (Lipinski definition) is 1. The number of thiophene rings is 1. The Morgan fingerprint density at radius 1 is 1.43 bits per heavy atom. The van der Waals surface area contributed by atoms with Crippen molar-refractivity contribution in [3.8, 4) is 11.5 Å². The number of aromatic nitrogens is 2. The van der Waals surface area contributed by atoms with E-state index in [0.29, 0.717) is 34.0 Å². The van der Waals surface area contributed by atoms with Gasteiger partial charge in [0.15, 0.2) is 11.5 Å². The third kappa shape index (κ3) is 2.95. The van der Waals surface area contributed by atoms with Crippen LogP contribution >= 0.6 is 11.3 Å². The monoisotopic (exact) mass is 329 g/mol. The lowest BCUT2D eigenvalue weighted by Crippen LogP contribution is -2.19. The lowest BCUT2D eigenvalue weighted by molar-refractivity contribution is 0.318. The summed E-state index contributed by atoms with van der Waals surface area (Å²) in [5, 5.41) is 16.3. The van der Waals surface area contributed by atoms with Gasteiger partial charge in [0.1, 0.15) is 10.7 Å². The highest BCUT2D eigenvalue weighted by atomic mass is 32.1. The van der Waals surface area contributed by atoms with Crippen LogP contribution in [0.5, 0.6) is 11.5 Å². The molecule has 0 radical (unpaired) electrons. The summed E-state index contributed by atoms with van der Waals surface area (Å²) in [7, 11) is 0. The second kappa shape index (κ2) is 6.21. The molecule has 2 heterocycles. The molecule has 7 heteroatoms. The lowest BCUT2D eigenvalue weighted by atomic mass is 10.2. The zero-order valence-electron chi connectivity index (χ0n) is 12.7. The molecule has 0 fully saturated rings. The van der Waals surface area contributed by atoms with E-state index in [2.05, 4.69) is 10.1 Å². The molecule has 0 amide bonds. The number of hydrogen-bond acceptors (Lipinski definition) is 6. The summed E-state index contributed by atoms with van der Waals surface area (Å²) in [6.45, 7) is 4.02. The van der Waals surface area contributed by atoms with Gasteiger partial charge >= 0.3 is 0 Å². The summed E-state index contributed by atoms with van der Waals surface area (Å²) in [6, 6.07) is 6.63. The predicted octanol–water partition coefficient (Wildman–Crippen LogP) is 2.75. The number of fused-ring (bicyclic) bond motifs is 1. The normalized spacial score (nSPS) is 11.4. The first-order valence-corrected chi connectivity index (χ1v) is 7.95. The van der Waals surface area contributed by atoms with Gasteiger partial charge in [-0.05, 0) is 49.1 Å². The van der Waals surface area contributed by atoms with Gasteiger partial charge in [-0.3, -0.25) is 4.79 Å². The molecule has 23 heavy (non-hydrogen) atoms. The minimum atomic E-state index is -0.200. The number of phenols is 1. The second-order valence-corrected chi connectivity index (χ2v) is 5.71. The average molecular weight is 329 g/mol. The maximum atomic E-state index is 12.4. The fourth-order valence-electron chi connectivity index (χ4n) is 2.15. The first-order chi connectivity index (χ1) is 11.1. The number of ether oxygens (including phenoxy) is 1. The van der Waals surface area contributed by atoms with Crippen molar-refractivity contribution in [1.29, 1.82) is 0 Å². The van der Waals surface area contributed by atoms with E-state index in [-0.39, 0.29) is 11.3 Å². The van der Waals surface area contributed by atoms with E-state index >= 15 is 0 Å². The average Bonchev–Trinajstić information content (AvgIpc) is 2.98. The Morgan fingerprint density at radius 2 is 2.26 bits per heavy atom. The number of phenolic OH excluding ortho intramolecular Hbond substituents is 1. The molecule has 2 aromatic heterocycles. The molecule has 1 aromatic carbocycles. The molecule has 118 valence electrons. The molecule has 3 aromatic rings. The van der Waals surface area contributed by atoms with E-state index in [1.165, 1.54) is 28.3 Å². The van der Waals surface area contributed by atoms with Gasteiger partial charge in [-0.15, -0.1) is 11.3 Å². The van der Waals surface area contributed by atoms with Crippen LogP contribution < -0.4 is 10.3 Å². The van der Waals surface area contributed by atoms with Gasteiger partial charge in [-0.25, -0.2) is 4.98 Å². The van der Waals surface area contributed by atoms with Crippen LogP contribution in [0.25, 0.3) is 10.2 Å². The highest BCUT2D eigenvalue weighted by Crippen LogP contribution is 2.26. The van der Waals surface area contributed by atoms with E-state index in [1.54, 1.807) is 25.1 Å². The smallest absolute Gasteiger partial charge is 0.282 e. The lowest BCUT2D eigenvalue weighted by Gasteiger charge is -2.06. The number of nitrogens with zero attached hydrogens (tertiary/aromatic N) is 3. The van der Waals surface area contributed by atoms with E-state index in [4.69, 9.17) is 4.74 Å². The Kier molecular flexibility index (Phi) is 4.12. The molecular weight excluding hydrogens is 314 g/mol. The molecule has 0 saturated carbocycles. The SMILES string of the molecule is CCOc1cc(/C=N/n2c(C)nc3sccc3c2=O)ccc1O. The number of rotatable bonds is 4. The van der Waals surface area contributed by atoms with Crippen LogP contribution in [0.15, 0.2) is 39.5 Å². The van der Waals surface area contributed by atoms with Gasteiger partial charge in [-0.2, -0.15) is 9.78 Å². The van der Waals surface area contributed by atoms with Crippen LogP contribution in [0, 0.1) is 6.92 Å². The van der Waals surface area contributed by atoms with Crippen LogP contribution in [-0.4, -0.2) is 27.6 Å². The van der Waals surface area contributed by atoms with E-state index in [1.807, 2.05) is 12.3 Å². The van der Waals surface area contributed by atoms with Crippen molar-refractivity contribution in [2.24, 2.45) is 5.10 Å². The van der Waals surface area contributed by atoms with Gasteiger partial charge in [-0.1, -0.05) is 0 Å². The van der Waals surface area contributed by atoms with Gasteiger partial charge in [0.05, 0.1) is 18.2 Å². The maximum absolute atomic E-state index is 12.4. The molecule has 0 unspecified atom stereocenters. The van der Waals surface area contributed by atoms with Gasteiger partial charge in [0, 0.05) is 0 Å². The number of benzene rings is 1. The molecule has 1 N–H and O–H groups in total. The molecule has 3 rings (SSSR count). The molecule has 0 aliphatic carbocycles. The van der Waals surface area contributed by atoms with Crippen molar-refractivity contribution in [3.05, 3.63) is 51.4 Å². The van der Waals surface area contributed by atoms with Crippen LogP contribution in [0.3, 0.4) is 0 Å². The summed E-state index contributed by atoms with van der Waals surface area (Å²) in [5.41, 5.74) is 0.511. The van der Waals surface area contributed by atoms with E-state index in [0.717, 1.165) is 0 Å². The largest absolute Gasteiger partial charge is 0.504 e. The minimum absolute atomic E-state index is 0.0682. The van der Waals surface area contributed by atoms with Gasteiger partial charge in [0.2, 0.25) is 0 Å². The summed E-state index contributed by atoms with van der Waals surface area (Å²) >= 11 is 1.43. The van der Waals surface area contributed by atoms with Crippen LogP contribution in [-0.2, 0) is 0 Å². The molecule has 0 aliphatic rings. The highest BCUT2D eigenvalue weighted by molar-refractivity contribution is 7.16. The minimum Gasteiger partial charge on any atom is -0.504 e. The third-order valence-electron chi connectivity index (χ3n) is 3.24. The predicted molar refractivity (Wildman–Crippen MR) is 90.9 cm³/mol. The summed E-state index contributed by atoms with van der Waals surface area (Å²) < 4.78 is 6.60. The van der Waals surface area contributed by atoms with E-state index < -0.39 is 0 Å². The Balaban J connectivity index is 2.00. The summed E-state index contributed by atoms with van der Waals surface area (Å²) in [6.07, 6.45) is 1.54. The highest BCUT2D eigenvalue weighted by Gasteiger charge is 2.08. The first kappa shape index (κ1) is 15.2. The first-order valence-electron chi connectivity index (χ1n) is 7.07. The Labute approximate surface area is 136 Å². The van der Waals surface area contributed by atoms with Gasteiger partial charge in [0.25, 0.3) is 5.56 Å². The van der Waals surface area contributed by atoms with Crippen molar-refractivity contribution in [3.63, 3.8) is 0 Å². The van der Waals surface area contributed by atoms with Crippen molar-refractivity contribution in [1.82, 2.24) is 9.66 Å². The van der Waals surface area contributed by atoms with E-state index in [9.17, 15) is 9.90 Å².